The van der Waals surface area contributed by atoms with Crippen LogP contribution in [0.15, 0.2) is 24.3 Å². The maximum Gasteiger partial charge on any atom is 0.165 e. The van der Waals surface area contributed by atoms with Gasteiger partial charge >= 0.3 is 0 Å². The Morgan fingerprint density at radius 2 is 2.00 bits per heavy atom. The number of hydrogen-bond donors (Lipinski definition) is 1. The number of ketones is 1. The van der Waals surface area contributed by atoms with E-state index in [9.17, 15) is 4.79 Å². The van der Waals surface area contributed by atoms with E-state index >= 15 is 0 Å². The van der Waals surface area contributed by atoms with Crippen molar-refractivity contribution in [1.82, 2.24) is 5.32 Å². The summed E-state index contributed by atoms with van der Waals surface area (Å²) in [6.07, 6.45) is 0. The van der Waals surface area contributed by atoms with Crippen molar-refractivity contribution in [3.63, 3.8) is 0 Å². The lowest BCUT2D eigenvalue weighted by Crippen LogP contribution is -2.27. The number of benzene rings is 1. The van der Waals surface area contributed by atoms with E-state index in [2.05, 4.69) is 19.2 Å². The lowest BCUT2D eigenvalue weighted by Gasteiger charge is -2.11. The Kier molecular flexibility index (Phi) is 5.86. The van der Waals surface area contributed by atoms with E-state index in [1.807, 2.05) is 38.1 Å². The van der Waals surface area contributed by atoms with Gasteiger partial charge in [0.05, 0.1) is 0 Å². The van der Waals surface area contributed by atoms with E-state index in [0.29, 0.717) is 12.6 Å². The molecular weight excluding hydrogens is 226 g/mol. The minimum atomic E-state index is 0.0165. The zero-order chi connectivity index (χ0) is 13.5. The molecule has 0 saturated heterocycles. The van der Waals surface area contributed by atoms with Crippen molar-refractivity contribution in [3.8, 4) is 5.75 Å². The molecule has 1 N–H and O–H groups in total. The molecule has 1 aromatic rings. The fourth-order valence-corrected chi connectivity index (χ4v) is 1.59. The van der Waals surface area contributed by atoms with Gasteiger partial charge < -0.3 is 10.1 Å². The van der Waals surface area contributed by atoms with E-state index in [-0.39, 0.29) is 11.7 Å². The van der Waals surface area contributed by atoms with E-state index in [0.717, 1.165) is 17.9 Å². The number of rotatable bonds is 7. The first-order valence-electron chi connectivity index (χ1n) is 6.51. The normalized spacial score (nSPS) is 11.0. The molecule has 1 aromatic carbocycles. The van der Waals surface area contributed by atoms with Crippen molar-refractivity contribution in [2.24, 2.45) is 5.92 Å². The monoisotopic (exact) mass is 249 g/mol. The molecular formula is C15H23NO2. The van der Waals surface area contributed by atoms with Crippen LogP contribution in [0.2, 0.25) is 0 Å². The van der Waals surface area contributed by atoms with Crippen LogP contribution in [0.4, 0.5) is 0 Å². The van der Waals surface area contributed by atoms with Gasteiger partial charge in [-0.25, -0.2) is 0 Å². The molecule has 18 heavy (non-hydrogen) atoms. The Bertz CT molecular complexity index is 386. The maximum atomic E-state index is 11.8. The number of ether oxygens (including phenoxy) is 1. The molecule has 0 unspecified atom stereocenters. The number of carbonyl (C=O) groups excluding carboxylic acids is 1. The van der Waals surface area contributed by atoms with Crippen LogP contribution in [0, 0.1) is 5.92 Å². The maximum absolute atomic E-state index is 11.8. The number of hydrogen-bond acceptors (Lipinski definition) is 3. The molecule has 0 atom stereocenters. The van der Waals surface area contributed by atoms with Gasteiger partial charge in [0.2, 0.25) is 0 Å². The van der Waals surface area contributed by atoms with Crippen LogP contribution in [-0.2, 0) is 0 Å². The van der Waals surface area contributed by atoms with Crippen LogP contribution >= 0.6 is 0 Å². The van der Waals surface area contributed by atoms with E-state index in [4.69, 9.17) is 4.74 Å². The third-order valence-corrected chi connectivity index (χ3v) is 2.57. The first-order valence-corrected chi connectivity index (χ1v) is 6.51. The highest BCUT2D eigenvalue weighted by atomic mass is 16.5. The second kappa shape index (κ2) is 7.17. The van der Waals surface area contributed by atoms with Crippen molar-refractivity contribution in [2.45, 2.75) is 33.7 Å². The number of Topliss-reactive ketones (excluding diaryl/α,β-unsaturated/α-hetero) is 1. The zero-order valence-electron chi connectivity index (χ0n) is 11.7. The molecule has 3 nitrogen and oxygen atoms in total. The largest absolute Gasteiger partial charge is 0.492 e. The molecule has 0 bridgehead atoms. The van der Waals surface area contributed by atoms with Crippen LogP contribution in [0.1, 0.15) is 38.1 Å². The summed E-state index contributed by atoms with van der Waals surface area (Å²) in [5.41, 5.74) is 0.722. The zero-order valence-corrected chi connectivity index (χ0v) is 11.7. The Morgan fingerprint density at radius 3 is 2.61 bits per heavy atom. The minimum Gasteiger partial charge on any atom is -0.492 e. The molecule has 0 spiro atoms. The molecule has 0 amide bonds. The van der Waals surface area contributed by atoms with Gasteiger partial charge in [0.25, 0.3) is 0 Å². The summed E-state index contributed by atoms with van der Waals surface area (Å²) in [5, 5.41) is 3.28. The molecule has 0 fully saturated rings. The van der Waals surface area contributed by atoms with Gasteiger partial charge in [-0.15, -0.1) is 0 Å². The van der Waals surface area contributed by atoms with E-state index in [1.165, 1.54) is 0 Å². The first-order chi connectivity index (χ1) is 8.50. The van der Waals surface area contributed by atoms with E-state index < -0.39 is 0 Å². The molecule has 0 aliphatic carbocycles. The van der Waals surface area contributed by atoms with Crippen molar-refractivity contribution in [3.05, 3.63) is 29.8 Å². The number of carbonyl (C=O) groups is 1. The van der Waals surface area contributed by atoms with E-state index in [1.54, 1.807) is 0 Å². The summed E-state index contributed by atoms with van der Waals surface area (Å²) in [6.45, 7) is 9.42. The summed E-state index contributed by atoms with van der Waals surface area (Å²) in [5.74, 6) is 0.927. The highest BCUT2D eigenvalue weighted by Gasteiger charge is 2.10. The van der Waals surface area contributed by atoms with Gasteiger partial charge in [0, 0.05) is 24.1 Å². The van der Waals surface area contributed by atoms with Gasteiger partial charge in [-0.1, -0.05) is 39.8 Å². The SMILES string of the molecule is CC(C)NCCOc1cccc(C(=O)C(C)C)c1. The van der Waals surface area contributed by atoms with Crippen molar-refractivity contribution < 1.29 is 9.53 Å². The summed E-state index contributed by atoms with van der Waals surface area (Å²) >= 11 is 0. The molecule has 3 heteroatoms. The molecule has 0 aliphatic heterocycles. The predicted octanol–water partition coefficient (Wildman–Crippen LogP) is 2.90. The second-order valence-corrected chi connectivity index (χ2v) is 5.00. The molecule has 0 aromatic heterocycles. The molecule has 0 radical (unpaired) electrons. The second-order valence-electron chi connectivity index (χ2n) is 5.00. The fraction of sp³-hybridized carbons (Fsp3) is 0.533. The van der Waals surface area contributed by atoms with Gasteiger partial charge in [0.1, 0.15) is 12.4 Å². The Labute approximate surface area is 110 Å². The lowest BCUT2D eigenvalue weighted by atomic mass is 10.0. The summed E-state index contributed by atoms with van der Waals surface area (Å²) in [6, 6.07) is 7.86. The van der Waals surface area contributed by atoms with Crippen LogP contribution in [-0.4, -0.2) is 25.0 Å². The summed E-state index contributed by atoms with van der Waals surface area (Å²) < 4.78 is 5.61. The molecule has 0 saturated carbocycles. The van der Waals surface area contributed by atoms with Gasteiger partial charge in [0.15, 0.2) is 5.78 Å². The van der Waals surface area contributed by atoms with Crippen LogP contribution < -0.4 is 10.1 Å². The average molecular weight is 249 g/mol. The highest BCUT2D eigenvalue weighted by Crippen LogP contribution is 2.16. The van der Waals surface area contributed by atoms with Crippen LogP contribution in [0.5, 0.6) is 5.75 Å². The van der Waals surface area contributed by atoms with Gasteiger partial charge in [-0.05, 0) is 12.1 Å². The van der Waals surface area contributed by atoms with Crippen molar-refractivity contribution in [2.75, 3.05) is 13.2 Å². The topological polar surface area (TPSA) is 38.3 Å². The van der Waals surface area contributed by atoms with Gasteiger partial charge in [-0.2, -0.15) is 0 Å². The van der Waals surface area contributed by atoms with Crippen LogP contribution in [0.25, 0.3) is 0 Å². The van der Waals surface area contributed by atoms with Crippen molar-refractivity contribution >= 4 is 5.78 Å². The smallest absolute Gasteiger partial charge is 0.165 e. The predicted molar refractivity (Wildman–Crippen MR) is 74.2 cm³/mol. The first kappa shape index (κ1) is 14.7. The molecule has 0 aliphatic rings. The Morgan fingerprint density at radius 1 is 1.28 bits per heavy atom. The summed E-state index contributed by atoms with van der Waals surface area (Å²) in [4.78, 5) is 11.8. The fourth-order valence-electron chi connectivity index (χ4n) is 1.59. The molecule has 100 valence electrons. The highest BCUT2D eigenvalue weighted by molar-refractivity contribution is 5.97. The third kappa shape index (κ3) is 4.88. The Hall–Kier alpha value is -1.35. The summed E-state index contributed by atoms with van der Waals surface area (Å²) in [7, 11) is 0. The standard InChI is InChI=1S/C15H23NO2/c1-11(2)15(17)13-6-5-7-14(10-13)18-9-8-16-12(3)4/h5-7,10-12,16H,8-9H2,1-4H3. The number of nitrogens with one attached hydrogen (secondary N) is 1. The van der Waals surface area contributed by atoms with Gasteiger partial charge in [-0.3, -0.25) is 4.79 Å². The molecule has 1 rings (SSSR count). The third-order valence-electron chi connectivity index (χ3n) is 2.57. The van der Waals surface area contributed by atoms with Crippen molar-refractivity contribution in [1.29, 1.82) is 0 Å². The Balaban J connectivity index is 2.52. The average Bonchev–Trinajstić information content (AvgIpc) is 2.33. The van der Waals surface area contributed by atoms with Crippen LogP contribution in [0.3, 0.4) is 0 Å². The molecule has 0 heterocycles. The lowest BCUT2D eigenvalue weighted by molar-refractivity contribution is 0.0939. The quantitative estimate of drug-likeness (QED) is 0.596. The minimum absolute atomic E-state index is 0.0165.